The van der Waals surface area contributed by atoms with Crippen LogP contribution >= 0.6 is 11.3 Å². The van der Waals surface area contributed by atoms with E-state index in [-0.39, 0.29) is 11.9 Å². The third-order valence-electron chi connectivity index (χ3n) is 5.22. The van der Waals surface area contributed by atoms with Crippen molar-refractivity contribution in [3.63, 3.8) is 0 Å². The lowest BCUT2D eigenvalue weighted by molar-refractivity contribution is 0.0909. The molecule has 26 heavy (non-hydrogen) atoms. The largest absolute Gasteiger partial charge is 0.348 e. The molecule has 1 aliphatic rings. The average Bonchev–Trinajstić information content (AvgIpc) is 3.32. The minimum atomic E-state index is -0.00612. The number of nitrogens with zero attached hydrogens (tertiary/aromatic N) is 1. The maximum atomic E-state index is 12.8. The summed E-state index contributed by atoms with van der Waals surface area (Å²) in [6, 6.07) is 8.05. The second-order valence-corrected chi connectivity index (χ2v) is 7.75. The number of H-pyrrole nitrogens is 1. The Morgan fingerprint density at radius 1 is 1.38 bits per heavy atom. The standard InChI is InChI=1S/C20H24N4OS/c1-2-3-13-6-8-21-11-18(13)22-20(25)14-4-5-16-17(10-14)23-24-19(16)15-7-9-26-12-15/h4-5,7,9-10,12-13,18,21H,2-3,6,8,11H2,1H3,(H,22,25)(H,23,24)/t13?,18-/m0/s1. The van der Waals surface area contributed by atoms with E-state index in [4.69, 9.17) is 0 Å². The summed E-state index contributed by atoms with van der Waals surface area (Å²) in [6.07, 6.45) is 3.45. The Kier molecular flexibility index (Phi) is 5.04. The number of rotatable bonds is 5. The van der Waals surface area contributed by atoms with Gasteiger partial charge in [-0.25, -0.2) is 0 Å². The predicted octanol–water partition coefficient (Wildman–Crippen LogP) is 3.80. The summed E-state index contributed by atoms with van der Waals surface area (Å²) >= 11 is 1.65. The van der Waals surface area contributed by atoms with Crippen molar-refractivity contribution in [1.82, 2.24) is 20.8 Å². The zero-order valence-electron chi connectivity index (χ0n) is 14.9. The molecule has 1 fully saturated rings. The van der Waals surface area contributed by atoms with E-state index in [2.05, 4.69) is 39.2 Å². The highest BCUT2D eigenvalue weighted by molar-refractivity contribution is 7.08. The molecule has 0 spiro atoms. The molecule has 136 valence electrons. The summed E-state index contributed by atoms with van der Waals surface area (Å²) in [7, 11) is 0. The van der Waals surface area contributed by atoms with Crippen molar-refractivity contribution < 1.29 is 4.79 Å². The number of fused-ring (bicyclic) bond motifs is 1. The van der Waals surface area contributed by atoms with Gasteiger partial charge in [0, 0.05) is 34.5 Å². The summed E-state index contributed by atoms with van der Waals surface area (Å²) in [5, 5.41) is 19.3. The number of hydrogen-bond acceptors (Lipinski definition) is 4. The van der Waals surface area contributed by atoms with Crippen molar-refractivity contribution in [3.8, 4) is 11.3 Å². The molecular formula is C20H24N4OS. The van der Waals surface area contributed by atoms with Gasteiger partial charge in [-0.3, -0.25) is 9.89 Å². The molecule has 1 saturated heterocycles. The Morgan fingerprint density at radius 3 is 3.12 bits per heavy atom. The second-order valence-electron chi connectivity index (χ2n) is 6.97. The number of piperidine rings is 1. The van der Waals surface area contributed by atoms with Gasteiger partial charge < -0.3 is 10.6 Å². The Labute approximate surface area is 157 Å². The number of hydrogen-bond donors (Lipinski definition) is 3. The summed E-state index contributed by atoms with van der Waals surface area (Å²) < 4.78 is 0. The number of aromatic nitrogens is 2. The Bertz CT molecular complexity index is 884. The fourth-order valence-corrected chi connectivity index (χ4v) is 4.47. The van der Waals surface area contributed by atoms with Crippen LogP contribution in [0, 0.1) is 5.92 Å². The quantitative estimate of drug-likeness (QED) is 0.641. The lowest BCUT2D eigenvalue weighted by atomic mass is 9.88. The minimum Gasteiger partial charge on any atom is -0.348 e. The van der Waals surface area contributed by atoms with Crippen LogP contribution in [0.25, 0.3) is 22.2 Å². The van der Waals surface area contributed by atoms with Gasteiger partial charge in [0.15, 0.2) is 0 Å². The van der Waals surface area contributed by atoms with Crippen LogP contribution in [0.2, 0.25) is 0 Å². The number of carbonyl (C=O) groups is 1. The molecule has 0 saturated carbocycles. The fraction of sp³-hybridized carbons (Fsp3) is 0.400. The summed E-state index contributed by atoms with van der Waals surface area (Å²) in [5.41, 5.74) is 3.62. The molecule has 0 bridgehead atoms. The Balaban J connectivity index is 1.54. The molecular weight excluding hydrogens is 344 g/mol. The van der Waals surface area contributed by atoms with Crippen LogP contribution < -0.4 is 10.6 Å². The van der Waals surface area contributed by atoms with Gasteiger partial charge in [-0.1, -0.05) is 13.3 Å². The molecule has 3 aromatic rings. The van der Waals surface area contributed by atoms with E-state index in [0.29, 0.717) is 11.5 Å². The van der Waals surface area contributed by atoms with E-state index in [1.54, 1.807) is 11.3 Å². The number of nitrogens with one attached hydrogen (secondary N) is 3. The SMILES string of the molecule is CCCC1CCNC[C@@H]1NC(=O)c1ccc2c(-c3ccsc3)n[nH]c2c1. The molecule has 0 radical (unpaired) electrons. The molecule has 3 N–H and O–H groups in total. The van der Waals surface area contributed by atoms with Crippen LogP contribution in [0.15, 0.2) is 35.0 Å². The fourth-order valence-electron chi connectivity index (χ4n) is 3.83. The van der Waals surface area contributed by atoms with Crippen LogP contribution in [0.4, 0.5) is 0 Å². The van der Waals surface area contributed by atoms with E-state index in [0.717, 1.165) is 54.5 Å². The molecule has 1 aromatic carbocycles. The third-order valence-corrected chi connectivity index (χ3v) is 5.90. The van der Waals surface area contributed by atoms with Gasteiger partial charge in [0.1, 0.15) is 5.69 Å². The van der Waals surface area contributed by atoms with E-state index in [1.807, 2.05) is 23.6 Å². The van der Waals surface area contributed by atoms with Crippen molar-refractivity contribution in [2.24, 2.45) is 5.92 Å². The Hall–Kier alpha value is -2.18. The van der Waals surface area contributed by atoms with Gasteiger partial charge in [-0.15, -0.1) is 0 Å². The summed E-state index contributed by atoms with van der Waals surface area (Å²) in [6.45, 7) is 4.10. The predicted molar refractivity (Wildman–Crippen MR) is 107 cm³/mol. The van der Waals surface area contributed by atoms with Gasteiger partial charge in [-0.2, -0.15) is 16.4 Å². The van der Waals surface area contributed by atoms with Crippen LogP contribution in [-0.2, 0) is 0 Å². The van der Waals surface area contributed by atoms with E-state index < -0.39 is 0 Å². The molecule has 0 aliphatic carbocycles. The van der Waals surface area contributed by atoms with E-state index in [1.165, 1.54) is 0 Å². The van der Waals surface area contributed by atoms with Gasteiger partial charge >= 0.3 is 0 Å². The van der Waals surface area contributed by atoms with Gasteiger partial charge in [0.25, 0.3) is 5.91 Å². The van der Waals surface area contributed by atoms with Gasteiger partial charge in [-0.05, 0) is 54.9 Å². The zero-order valence-corrected chi connectivity index (χ0v) is 15.7. The summed E-state index contributed by atoms with van der Waals surface area (Å²) in [4.78, 5) is 12.8. The molecule has 1 aliphatic heterocycles. The van der Waals surface area contributed by atoms with Gasteiger partial charge in [0.05, 0.1) is 5.52 Å². The topological polar surface area (TPSA) is 69.8 Å². The highest BCUT2D eigenvalue weighted by atomic mass is 32.1. The van der Waals surface area contributed by atoms with E-state index in [9.17, 15) is 4.79 Å². The monoisotopic (exact) mass is 368 g/mol. The van der Waals surface area contributed by atoms with Crippen LogP contribution in [-0.4, -0.2) is 35.2 Å². The van der Waals surface area contributed by atoms with Gasteiger partial charge in [0.2, 0.25) is 0 Å². The highest BCUT2D eigenvalue weighted by Crippen LogP contribution is 2.28. The van der Waals surface area contributed by atoms with Crippen molar-refractivity contribution in [2.45, 2.75) is 32.2 Å². The normalized spacial score (nSPS) is 20.3. The third kappa shape index (κ3) is 3.39. The number of amides is 1. The molecule has 6 heteroatoms. The molecule has 4 rings (SSSR count). The van der Waals surface area contributed by atoms with Crippen LogP contribution in [0.3, 0.4) is 0 Å². The first-order valence-electron chi connectivity index (χ1n) is 9.28. The number of thiophene rings is 1. The summed E-state index contributed by atoms with van der Waals surface area (Å²) in [5.74, 6) is 0.555. The van der Waals surface area contributed by atoms with E-state index >= 15 is 0 Å². The number of benzene rings is 1. The number of aromatic amines is 1. The molecule has 2 aromatic heterocycles. The first-order chi connectivity index (χ1) is 12.8. The lowest BCUT2D eigenvalue weighted by Crippen LogP contribution is -2.51. The molecule has 5 nitrogen and oxygen atoms in total. The van der Waals surface area contributed by atoms with Crippen LogP contribution in [0.5, 0.6) is 0 Å². The zero-order chi connectivity index (χ0) is 17.9. The maximum absolute atomic E-state index is 12.8. The first-order valence-corrected chi connectivity index (χ1v) is 10.2. The average molecular weight is 369 g/mol. The molecule has 3 heterocycles. The highest BCUT2D eigenvalue weighted by Gasteiger charge is 2.26. The molecule has 2 atom stereocenters. The first kappa shape index (κ1) is 17.2. The Morgan fingerprint density at radius 2 is 2.31 bits per heavy atom. The maximum Gasteiger partial charge on any atom is 0.251 e. The smallest absolute Gasteiger partial charge is 0.251 e. The second kappa shape index (κ2) is 7.60. The molecule has 1 unspecified atom stereocenters. The van der Waals surface area contributed by atoms with Crippen molar-refractivity contribution >= 4 is 28.1 Å². The van der Waals surface area contributed by atoms with Crippen molar-refractivity contribution in [1.29, 1.82) is 0 Å². The van der Waals surface area contributed by atoms with Crippen molar-refractivity contribution in [2.75, 3.05) is 13.1 Å². The number of carbonyl (C=O) groups excluding carboxylic acids is 1. The molecule has 1 amide bonds. The van der Waals surface area contributed by atoms with Crippen molar-refractivity contribution in [3.05, 3.63) is 40.6 Å². The van der Waals surface area contributed by atoms with Crippen LogP contribution in [0.1, 0.15) is 36.5 Å². The lowest BCUT2D eigenvalue weighted by Gasteiger charge is -2.32. The minimum absolute atomic E-state index is 0.00612.